The van der Waals surface area contributed by atoms with Crippen LogP contribution in [-0.2, 0) is 4.79 Å². The fourth-order valence-corrected chi connectivity index (χ4v) is 4.56. The SMILES string of the molecule is CCN(CC)C(=O)N1CCN(C(=O)CC2CC3CCC(C2)N3)CC1.Cl. The summed E-state index contributed by atoms with van der Waals surface area (Å²) in [5, 5.41) is 3.64. The fourth-order valence-electron chi connectivity index (χ4n) is 4.56. The minimum atomic E-state index is 0. The predicted octanol–water partition coefficient (Wildman–Crippen LogP) is 1.93. The summed E-state index contributed by atoms with van der Waals surface area (Å²) in [5.74, 6) is 0.836. The molecule has 1 N–H and O–H groups in total. The van der Waals surface area contributed by atoms with Gasteiger partial charge >= 0.3 is 6.03 Å². The van der Waals surface area contributed by atoms with Gasteiger partial charge in [-0.15, -0.1) is 12.4 Å². The van der Waals surface area contributed by atoms with Crippen molar-refractivity contribution in [1.29, 1.82) is 0 Å². The Morgan fingerprint density at radius 3 is 2.00 bits per heavy atom. The number of rotatable bonds is 4. The molecule has 0 aromatic rings. The van der Waals surface area contributed by atoms with Gasteiger partial charge in [0.25, 0.3) is 0 Å². The van der Waals surface area contributed by atoms with E-state index < -0.39 is 0 Å². The van der Waals surface area contributed by atoms with Gasteiger partial charge in [-0.1, -0.05) is 0 Å². The minimum absolute atomic E-state index is 0. The average molecular weight is 373 g/mol. The Balaban J connectivity index is 0.00000225. The molecule has 3 amide bonds. The van der Waals surface area contributed by atoms with Crippen LogP contribution in [-0.4, -0.2) is 78.0 Å². The highest BCUT2D eigenvalue weighted by molar-refractivity contribution is 5.85. The molecule has 3 aliphatic rings. The van der Waals surface area contributed by atoms with E-state index in [0.717, 1.165) is 25.9 Å². The predicted molar refractivity (Wildman–Crippen MR) is 101 cm³/mol. The molecule has 3 heterocycles. The van der Waals surface area contributed by atoms with Gasteiger partial charge in [0.05, 0.1) is 0 Å². The standard InChI is InChI=1S/C18H32N4O2.ClH/c1-3-20(4-2)18(24)22-9-7-21(8-10-22)17(23)13-14-11-15-5-6-16(12-14)19-15;/h14-16,19H,3-13H2,1-2H3;1H. The van der Waals surface area contributed by atoms with Crippen molar-refractivity contribution in [3.05, 3.63) is 0 Å². The molecular formula is C18H33ClN4O2. The molecule has 7 heteroatoms. The Morgan fingerprint density at radius 2 is 1.48 bits per heavy atom. The van der Waals surface area contributed by atoms with Crippen LogP contribution in [0.2, 0.25) is 0 Å². The molecule has 3 saturated heterocycles. The van der Waals surface area contributed by atoms with Crippen molar-refractivity contribution in [2.75, 3.05) is 39.3 Å². The van der Waals surface area contributed by atoms with Crippen LogP contribution in [0.1, 0.15) is 46.0 Å². The molecule has 0 aliphatic carbocycles. The molecule has 0 radical (unpaired) electrons. The highest BCUT2D eigenvalue weighted by atomic mass is 35.5. The molecule has 0 aromatic heterocycles. The molecule has 3 rings (SSSR count). The zero-order chi connectivity index (χ0) is 17.1. The summed E-state index contributed by atoms with van der Waals surface area (Å²) in [6.07, 6.45) is 5.56. The van der Waals surface area contributed by atoms with E-state index >= 15 is 0 Å². The molecular weight excluding hydrogens is 340 g/mol. The number of piperidine rings is 1. The number of amides is 3. The smallest absolute Gasteiger partial charge is 0.320 e. The molecule has 6 nitrogen and oxygen atoms in total. The summed E-state index contributed by atoms with van der Waals surface area (Å²) in [7, 11) is 0. The van der Waals surface area contributed by atoms with Crippen molar-refractivity contribution < 1.29 is 9.59 Å². The Hall–Kier alpha value is -1.01. The summed E-state index contributed by atoms with van der Waals surface area (Å²) in [5.41, 5.74) is 0. The molecule has 0 spiro atoms. The second-order valence-electron chi connectivity index (χ2n) is 7.50. The van der Waals surface area contributed by atoms with Crippen molar-refractivity contribution in [3.63, 3.8) is 0 Å². The highest BCUT2D eigenvalue weighted by Crippen LogP contribution is 2.33. The number of carbonyl (C=O) groups is 2. The van der Waals surface area contributed by atoms with E-state index in [1.165, 1.54) is 12.8 Å². The second kappa shape index (κ2) is 9.08. The maximum Gasteiger partial charge on any atom is 0.320 e. The van der Waals surface area contributed by atoms with Crippen LogP contribution in [0.4, 0.5) is 4.79 Å². The number of halogens is 1. The van der Waals surface area contributed by atoms with Crippen LogP contribution in [0.25, 0.3) is 0 Å². The number of urea groups is 1. The van der Waals surface area contributed by atoms with E-state index in [0.29, 0.717) is 50.6 Å². The summed E-state index contributed by atoms with van der Waals surface area (Å²) in [4.78, 5) is 30.7. The van der Waals surface area contributed by atoms with E-state index in [4.69, 9.17) is 0 Å². The van der Waals surface area contributed by atoms with E-state index in [2.05, 4.69) is 5.32 Å². The fraction of sp³-hybridized carbons (Fsp3) is 0.889. The van der Waals surface area contributed by atoms with Gasteiger partial charge in [-0.2, -0.15) is 0 Å². The molecule has 0 aromatic carbocycles. The minimum Gasteiger partial charge on any atom is -0.339 e. The lowest BCUT2D eigenvalue weighted by Gasteiger charge is -2.38. The first-order valence-corrected chi connectivity index (χ1v) is 9.68. The number of carbonyl (C=O) groups excluding carboxylic acids is 2. The van der Waals surface area contributed by atoms with Gasteiger partial charge < -0.3 is 20.0 Å². The maximum atomic E-state index is 12.6. The monoisotopic (exact) mass is 372 g/mol. The zero-order valence-electron chi connectivity index (χ0n) is 15.6. The van der Waals surface area contributed by atoms with Gasteiger partial charge in [-0.05, 0) is 45.4 Å². The number of piperazine rings is 1. The lowest BCUT2D eigenvalue weighted by molar-refractivity contribution is -0.134. The number of fused-ring (bicyclic) bond motifs is 2. The van der Waals surface area contributed by atoms with E-state index in [1.807, 2.05) is 28.5 Å². The Labute approximate surface area is 157 Å². The van der Waals surface area contributed by atoms with Crippen LogP contribution in [0, 0.1) is 5.92 Å². The Bertz CT molecular complexity index is 452. The molecule has 3 aliphatic heterocycles. The number of nitrogens with one attached hydrogen (secondary N) is 1. The van der Waals surface area contributed by atoms with Crippen LogP contribution >= 0.6 is 12.4 Å². The van der Waals surface area contributed by atoms with Crippen molar-refractivity contribution in [2.24, 2.45) is 5.92 Å². The Kier molecular flexibility index (Phi) is 7.37. The van der Waals surface area contributed by atoms with Crippen LogP contribution in [0.5, 0.6) is 0 Å². The normalized spacial score (nSPS) is 28.5. The zero-order valence-corrected chi connectivity index (χ0v) is 16.4. The molecule has 2 unspecified atom stereocenters. The second-order valence-corrected chi connectivity index (χ2v) is 7.50. The number of nitrogens with zero attached hydrogens (tertiary/aromatic N) is 3. The molecule has 0 saturated carbocycles. The summed E-state index contributed by atoms with van der Waals surface area (Å²) < 4.78 is 0. The van der Waals surface area contributed by atoms with Crippen LogP contribution < -0.4 is 5.32 Å². The molecule has 2 atom stereocenters. The number of hydrogen-bond donors (Lipinski definition) is 1. The topological polar surface area (TPSA) is 55.9 Å². The third-order valence-electron chi connectivity index (χ3n) is 5.97. The van der Waals surface area contributed by atoms with E-state index in [-0.39, 0.29) is 24.3 Å². The third-order valence-corrected chi connectivity index (χ3v) is 5.97. The van der Waals surface area contributed by atoms with Gasteiger partial charge in [0.2, 0.25) is 5.91 Å². The molecule has 2 bridgehead atoms. The van der Waals surface area contributed by atoms with Gasteiger partial charge in [0, 0.05) is 57.8 Å². The number of hydrogen-bond acceptors (Lipinski definition) is 3. The van der Waals surface area contributed by atoms with Gasteiger partial charge in [0.15, 0.2) is 0 Å². The van der Waals surface area contributed by atoms with E-state index in [1.54, 1.807) is 0 Å². The first kappa shape index (κ1) is 20.3. The first-order chi connectivity index (χ1) is 11.6. The Morgan fingerprint density at radius 1 is 0.960 bits per heavy atom. The van der Waals surface area contributed by atoms with Gasteiger partial charge in [-0.25, -0.2) is 4.79 Å². The van der Waals surface area contributed by atoms with Crippen molar-refractivity contribution in [2.45, 2.75) is 58.0 Å². The quantitative estimate of drug-likeness (QED) is 0.820. The van der Waals surface area contributed by atoms with Crippen molar-refractivity contribution in [1.82, 2.24) is 20.0 Å². The van der Waals surface area contributed by atoms with Crippen molar-refractivity contribution in [3.8, 4) is 0 Å². The summed E-state index contributed by atoms with van der Waals surface area (Å²) in [6, 6.07) is 1.40. The molecule has 144 valence electrons. The van der Waals surface area contributed by atoms with Crippen LogP contribution in [0.3, 0.4) is 0 Å². The summed E-state index contributed by atoms with van der Waals surface area (Å²) in [6.45, 7) is 8.20. The van der Waals surface area contributed by atoms with Crippen LogP contribution in [0.15, 0.2) is 0 Å². The van der Waals surface area contributed by atoms with E-state index in [9.17, 15) is 9.59 Å². The maximum absolute atomic E-state index is 12.6. The average Bonchev–Trinajstić information content (AvgIpc) is 2.94. The molecule has 3 fully saturated rings. The summed E-state index contributed by atoms with van der Waals surface area (Å²) >= 11 is 0. The van der Waals surface area contributed by atoms with Crippen molar-refractivity contribution >= 4 is 24.3 Å². The van der Waals surface area contributed by atoms with Gasteiger partial charge in [-0.3, -0.25) is 4.79 Å². The third kappa shape index (κ3) is 4.79. The first-order valence-electron chi connectivity index (χ1n) is 9.68. The molecule has 25 heavy (non-hydrogen) atoms. The largest absolute Gasteiger partial charge is 0.339 e. The lowest BCUT2D eigenvalue weighted by atomic mass is 9.89. The van der Waals surface area contributed by atoms with Gasteiger partial charge in [0.1, 0.15) is 0 Å². The highest BCUT2D eigenvalue weighted by Gasteiger charge is 2.35. The lowest BCUT2D eigenvalue weighted by Crippen LogP contribution is -2.54.